The van der Waals surface area contributed by atoms with Crippen molar-refractivity contribution in [2.24, 2.45) is 0 Å². The quantitative estimate of drug-likeness (QED) is 0.236. The minimum Gasteiger partial charge on any atom is -0.461 e. The first kappa shape index (κ1) is 37.7. The molecular weight excluding hydrogens is 737 g/mol. The predicted molar refractivity (Wildman–Crippen MR) is 209 cm³/mol. The number of carbonyl (C=O) groups excluding carboxylic acids is 2. The Balaban J connectivity index is 1.18. The highest BCUT2D eigenvalue weighted by atomic mass is 19.1. The number of pyridine rings is 1. The van der Waals surface area contributed by atoms with E-state index in [9.17, 15) is 14.0 Å². The average Bonchev–Trinajstić information content (AvgIpc) is 3.73. The third kappa shape index (κ3) is 7.28. The summed E-state index contributed by atoms with van der Waals surface area (Å²) in [6, 6.07) is 9.18. The number of likely N-dealkylation sites (tertiary alicyclic amines) is 1. The van der Waals surface area contributed by atoms with Crippen LogP contribution < -0.4 is 19.7 Å². The minimum atomic E-state index is -0.939. The topological polar surface area (TPSA) is 131 Å². The van der Waals surface area contributed by atoms with Crippen LogP contribution in [0.3, 0.4) is 0 Å². The van der Waals surface area contributed by atoms with Crippen LogP contribution in [0.5, 0.6) is 11.8 Å². The van der Waals surface area contributed by atoms with Crippen molar-refractivity contribution in [1.82, 2.24) is 30.1 Å². The van der Waals surface area contributed by atoms with Gasteiger partial charge in [-0.2, -0.15) is 9.97 Å². The number of halogens is 2. The van der Waals surface area contributed by atoms with Crippen LogP contribution in [0, 0.1) is 5.82 Å². The number of fused-ring (bicyclic) bond motifs is 7. The van der Waals surface area contributed by atoms with E-state index in [1.165, 1.54) is 0 Å². The Labute approximate surface area is 330 Å². The van der Waals surface area contributed by atoms with Crippen molar-refractivity contribution >= 4 is 39.7 Å². The lowest BCUT2D eigenvalue weighted by Gasteiger charge is -2.41. The highest BCUT2D eigenvalue weighted by Crippen LogP contribution is 2.42. The Hall–Kier alpha value is -4.89. The van der Waals surface area contributed by atoms with Crippen molar-refractivity contribution in [3.8, 4) is 23.0 Å². The maximum Gasteiger partial charge on any atom is 0.415 e. The number of carbonyl (C=O) groups is 2. The first-order valence-corrected chi connectivity index (χ1v) is 20.2. The van der Waals surface area contributed by atoms with Crippen LogP contribution in [0.25, 0.3) is 32.9 Å². The normalized spacial score (nSPS) is 26.7. The van der Waals surface area contributed by atoms with Gasteiger partial charge in [-0.15, -0.1) is 0 Å². The second kappa shape index (κ2) is 15.1. The fourth-order valence-electron chi connectivity index (χ4n) is 9.79. The van der Waals surface area contributed by atoms with Gasteiger partial charge >= 0.3 is 18.2 Å². The molecule has 6 bridgehead atoms. The fraction of sp³-hybridized carbons (Fsp3) is 0.548. The van der Waals surface area contributed by atoms with E-state index in [-0.39, 0.29) is 42.3 Å². The molecule has 6 aliphatic heterocycles. The maximum absolute atomic E-state index is 17.6. The van der Waals surface area contributed by atoms with Crippen molar-refractivity contribution in [3.05, 3.63) is 47.9 Å². The number of anilines is 1. The number of methoxy groups -OCH3 is 1. The smallest absolute Gasteiger partial charge is 0.415 e. The molecule has 0 radical (unpaired) electrons. The van der Waals surface area contributed by atoms with E-state index < -0.39 is 35.3 Å². The molecule has 4 saturated heterocycles. The highest BCUT2D eigenvalue weighted by molar-refractivity contribution is 6.02. The number of aryl methyl sites for hydroxylation is 1. The van der Waals surface area contributed by atoms with E-state index in [1.807, 2.05) is 30.0 Å². The van der Waals surface area contributed by atoms with Crippen molar-refractivity contribution < 1.29 is 37.3 Å². The third-order valence-electron chi connectivity index (χ3n) is 12.6. The molecule has 0 saturated carbocycles. The number of amides is 2. The summed E-state index contributed by atoms with van der Waals surface area (Å²) in [6.45, 7) is 5.41. The molecule has 2 amide bonds. The summed E-state index contributed by atoms with van der Waals surface area (Å²) in [4.78, 5) is 46.8. The molecule has 0 spiro atoms. The van der Waals surface area contributed by atoms with Gasteiger partial charge in [0.25, 0.3) is 0 Å². The monoisotopic (exact) mass is 785 g/mol. The van der Waals surface area contributed by atoms with E-state index in [0.717, 1.165) is 55.0 Å². The molecule has 2 aromatic heterocycles. The zero-order valence-electron chi connectivity index (χ0n) is 32.5. The fourth-order valence-corrected chi connectivity index (χ4v) is 9.79. The number of piperidine rings is 2. The van der Waals surface area contributed by atoms with Gasteiger partial charge < -0.3 is 34.1 Å². The summed E-state index contributed by atoms with van der Waals surface area (Å²) in [5.74, 6) is -0.00171. The summed E-state index contributed by atoms with van der Waals surface area (Å²) in [7, 11) is 1.64. The van der Waals surface area contributed by atoms with Crippen molar-refractivity contribution in [3.63, 3.8) is 0 Å². The minimum absolute atomic E-state index is 0.0150. The molecule has 8 heterocycles. The third-order valence-corrected chi connectivity index (χ3v) is 12.6. The summed E-state index contributed by atoms with van der Waals surface area (Å²) < 4.78 is 55.8. The lowest BCUT2D eigenvalue weighted by molar-refractivity contribution is 0.0350. The number of benzene rings is 2. The molecule has 4 fully saturated rings. The number of nitrogens with zero attached hydrogens (tertiary/aromatic N) is 6. The first-order valence-electron chi connectivity index (χ1n) is 20.2. The molecule has 0 unspecified atom stereocenters. The van der Waals surface area contributed by atoms with Crippen LogP contribution in [0.1, 0.15) is 63.9 Å². The number of ether oxygens (including phenoxy) is 4. The molecule has 2 aromatic carbocycles. The number of alkyl carbamates (subject to hydrolysis) is 1. The molecule has 302 valence electrons. The number of rotatable bonds is 5. The zero-order chi connectivity index (χ0) is 39.3. The predicted octanol–water partition coefficient (Wildman–Crippen LogP) is 6.58. The van der Waals surface area contributed by atoms with Gasteiger partial charge in [0, 0.05) is 51.5 Å². The molecule has 10 rings (SSSR count). The zero-order valence-corrected chi connectivity index (χ0v) is 32.5. The van der Waals surface area contributed by atoms with E-state index in [2.05, 4.69) is 10.2 Å². The van der Waals surface area contributed by atoms with Gasteiger partial charge in [0.05, 0.1) is 35.7 Å². The van der Waals surface area contributed by atoms with Gasteiger partial charge in [-0.25, -0.2) is 18.4 Å². The van der Waals surface area contributed by atoms with Crippen LogP contribution in [0.2, 0.25) is 0 Å². The summed E-state index contributed by atoms with van der Waals surface area (Å²) in [6.07, 6.45) is 5.79. The average molecular weight is 786 g/mol. The number of hydrogen-bond acceptors (Lipinski definition) is 11. The number of aromatic nitrogens is 3. The Morgan fingerprint density at radius 1 is 1.09 bits per heavy atom. The Kier molecular flexibility index (Phi) is 10.00. The lowest BCUT2D eigenvalue weighted by atomic mass is 9.91. The number of nitrogens with one attached hydrogen (secondary N) is 1. The van der Waals surface area contributed by atoms with E-state index in [0.29, 0.717) is 75.2 Å². The second-order valence-electron chi connectivity index (χ2n) is 16.6. The Morgan fingerprint density at radius 2 is 1.96 bits per heavy atom. The van der Waals surface area contributed by atoms with Crippen molar-refractivity contribution in [2.45, 2.75) is 88.1 Å². The van der Waals surface area contributed by atoms with Gasteiger partial charge in [0.1, 0.15) is 35.6 Å². The molecule has 15 heteroatoms. The molecule has 13 nitrogen and oxygen atoms in total. The number of alkyl halides is 1. The van der Waals surface area contributed by atoms with Gasteiger partial charge in [0.15, 0.2) is 5.82 Å². The maximum atomic E-state index is 17.6. The van der Waals surface area contributed by atoms with E-state index in [4.69, 9.17) is 33.9 Å². The Bertz CT molecular complexity index is 2210. The molecule has 4 atom stereocenters. The van der Waals surface area contributed by atoms with E-state index >= 15 is 4.39 Å². The van der Waals surface area contributed by atoms with Crippen LogP contribution in [0.4, 0.5) is 24.2 Å². The summed E-state index contributed by atoms with van der Waals surface area (Å²) in [5, 5.41) is 4.93. The lowest BCUT2D eigenvalue weighted by Crippen LogP contribution is -2.57. The summed E-state index contributed by atoms with van der Waals surface area (Å²) >= 11 is 0. The van der Waals surface area contributed by atoms with Gasteiger partial charge in [-0.3, -0.25) is 9.88 Å². The van der Waals surface area contributed by atoms with E-state index in [1.54, 1.807) is 30.3 Å². The SMILES string of the molecule is CO[C@H]1CCCN(C(=O)Oc2cc3c4c(cccc4c2)CCCOC(=O)N[C@]2(C)CCCN(C2)c2nc(OC[C@@]45CCCN4C[C@H](F)C5)nc4c(F)c-3ncc24)C1. The van der Waals surface area contributed by atoms with Crippen molar-refractivity contribution in [1.29, 1.82) is 0 Å². The Morgan fingerprint density at radius 3 is 2.84 bits per heavy atom. The van der Waals surface area contributed by atoms with Gasteiger partial charge in [-0.1, -0.05) is 18.2 Å². The van der Waals surface area contributed by atoms with Crippen LogP contribution in [0.15, 0.2) is 36.5 Å². The largest absolute Gasteiger partial charge is 0.461 e. The molecule has 57 heavy (non-hydrogen) atoms. The standard InChI is InChI=1S/C42H49F2N7O6/c1-41-12-6-15-50(24-41)37-32-21-45-35(34(44)36(32)46-38(47-37)56-25-42-13-7-16-51(42)22-28(43)20-42)31-19-30(57-40(53)49-14-4-11-29(23-49)54-2)18-27-9-3-8-26(33(27)31)10-5-17-55-39(52)48-41/h3,8-9,18-19,21,28-29H,4-7,10-17,20,22-25H2,1-2H3,(H,48,52)/t28-,29+,41-,42+/m1/s1. The molecule has 0 aliphatic carbocycles. The molecule has 6 aliphatic rings. The van der Waals surface area contributed by atoms with Crippen molar-refractivity contribution in [2.75, 3.05) is 64.5 Å². The van der Waals surface area contributed by atoms with Crippen LogP contribution in [-0.2, 0) is 15.9 Å². The molecule has 1 N–H and O–H groups in total. The second-order valence-corrected chi connectivity index (χ2v) is 16.6. The van der Waals surface area contributed by atoms with Gasteiger partial charge in [0.2, 0.25) is 0 Å². The van der Waals surface area contributed by atoms with Crippen LogP contribution in [-0.4, -0.2) is 120 Å². The number of hydrogen-bond donors (Lipinski definition) is 1. The first-order chi connectivity index (χ1) is 27.6. The van der Waals surface area contributed by atoms with Crippen LogP contribution >= 0.6 is 0 Å². The summed E-state index contributed by atoms with van der Waals surface area (Å²) in [5.41, 5.74) is 0.237. The molecular formula is C42H49F2N7O6. The highest BCUT2D eigenvalue weighted by Gasteiger charge is 2.49. The van der Waals surface area contributed by atoms with Gasteiger partial charge in [-0.05, 0) is 93.3 Å². The molecule has 4 aromatic rings.